The number of sulfonamides is 1. The summed E-state index contributed by atoms with van der Waals surface area (Å²) in [6.07, 6.45) is 0. The average molecular weight is 581 g/mol. The molecule has 0 fully saturated rings. The van der Waals surface area contributed by atoms with E-state index in [4.69, 9.17) is 23.2 Å². The summed E-state index contributed by atoms with van der Waals surface area (Å²) in [6.45, 7) is 4.46. The molecule has 1 N–H and O–H groups in total. The van der Waals surface area contributed by atoms with E-state index >= 15 is 0 Å². The highest BCUT2D eigenvalue weighted by Gasteiger charge is 2.32. The Hall–Kier alpha value is -3.14. The highest BCUT2D eigenvalue weighted by molar-refractivity contribution is 7.92. The summed E-state index contributed by atoms with van der Waals surface area (Å²) in [6, 6.07) is 16.1. The van der Waals surface area contributed by atoms with Crippen molar-refractivity contribution in [2.24, 2.45) is 0 Å². The molecule has 38 heavy (non-hydrogen) atoms. The number of hydrogen-bond acceptors (Lipinski definition) is 4. The van der Waals surface area contributed by atoms with Gasteiger partial charge >= 0.3 is 0 Å². The van der Waals surface area contributed by atoms with Gasteiger partial charge in [0.15, 0.2) is 0 Å². The van der Waals surface area contributed by atoms with Crippen molar-refractivity contribution in [2.75, 3.05) is 10.8 Å². The summed E-state index contributed by atoms with van der Waals surface area (Å²) < 4.78 is 41.8. The molecular weight excluding hydrogens is 552 g/mol. The number of anilines is 1. The van der Waals surface area contributed by atoms with Gasteiger partial charge in [-0.15, -0.1) is 0 Å². The van der Waals surface area contributed by atoms with E-state index in [1.165, 1.54) is 29.2 Å². The lowest BCUT2D eigenvalue weighted by Gasteiger charge is -2.32. The number of amides is 2. The topological polar surface area (TPSA) is 86.8 Å². The Morgan fingerprint density at radius 1 is 0.921 bits per heavy atom. The molecular formula is C27H28Cl2FN3O4S. The van der Waals surface area contributed by atoms with Gasteiger partial charge in [0.1, 0.15) is 18.4 Å². The monoisotopic (exact) mass is 579 g/mol. The Bertz CT molecular complexity index is 1390. The predicted octanol–water partition coefficient (Wildman–Crippen LogP) is 5.27. The van der Waals surface area contributed by atoms with Gasteiger partial charge in [-0.25, -0.2) is 12.8 Å². The van der Waals surface area contributed by atoms with Crippen molar-refractivity contribution >= 4 is 50.7 Å². The number of nitrogens with one attached hydrogen (secondary N) is 1. The molecule has 3 aromatic rings. The molecule has 0 heterocycles. The molecule has 0 saturated carbocycles. The van der Waals surface area contributed by atoms with E-state index in [2.05, 4.69) is 5.32 Å². The van der Waals surface area contributed by atoms with Crippen molar-refractivity contribution in [3.8, 4) is 0 Å². The minimum Gasteiger partial charge on any atom is -0.352 e. The molecule has 0 spiro atoms. The lowest BCUT2D eigenvalue weighted by Crippen LogP contribution is -2.52. The zero-order chi connectivity index (χ0) is 28.0. The van der Waals surface area contributed by atoms with Gasteiger partial charge in [-0.05, 0) is 74.9 Å². The summed E-state index contributed by atoms with van der Waals surface area (Å²) in [7, 11) is -4.22. The highest BCUT2D eigenvalue weighted by atomic mass is 35.5. The first-order valence-corrected chi connectivity index (χ1v) is 14.0. The summed E-state index contributed by atoms with van der Waals surface area (Å²) >= 11 is 12.2. The van der Waals surface area contributed by atoms with Crippen LogP contribution in [0.25, 0.3) is 0 Å². The molecule has 0 aliphatic rings. The van der Waals surface area contributed by atoms with Crippen LogP contribution in [0.3, 0.4) is 0 Å². The molecule has 7 nitrogen and oxygen atoms in total. The second-order valence-corrected chi connectivity index (χ2v) is 11.6. The third kappa shape index (κ3) is 7.24. The van der Waals surface area contributed by atoms with Crippen LogP contribution in [-0.4, -0.2) is 43.8 Å². The van der Waals surface area contributed by atoms with Crippen molar-refractivity contribution in [3.63, 3.8) is 0 Å². The summed E-state index contributed by atoms with van der Waals surface area (Å²) in [5, 5.41) is 3.38. The van der Waals surface area contributed by atoms with Crippen molar-refractivity contribution < 1.29 is 22.4 Å². The molecule has 0 aliphatic heterocycles. The van der Waals surface area contributed by atoms with Crippen LogP contribution >= 0.6 is 23.2 Å². The molecule has 0 aliphatic carbocycles. The van der Waals surface area contributed by atoms with Gasteiger partial charge in [-0.3, -0.25) is 13.9 Å². The minimum absolute atomic E-state index is 0.0367. The molecule has 0 aromatic heterocycles. The summed E-state index contributed by atoms with van der Waals surface area (Å²) in [4.78, 5) is 27.9. The van der Waals surface area contributed by atoms with E-state index in [1.807, 2.05) is 0 Å². The number of halogens is 3. The molecule has 3 aromatic carbocycles. The van der Waals surface area contributed by atoms with Crippen molar-refractivity contribution in [2.45, 2.75) is 44.3 Å². The van der Waals surface area contributed by atoms with Gasteiger partial charge < -0.3 is 10.2 Å². The maximum Gasteiger partial charge on any atom is 0.264 e. The zero-order valence-electron chi connectivity index (χ0n) is 21.1. The molecule has 2 amide bonds. The van der Waals surface area contributed by atoms with E-state index < -0.39 is 40.2 Å². The fraction of sp³-hybridized carbons (Fsp3) is 0.259. The number of rotatable bonds is 10. The number of hydrogen-bond donors (Lipinski definition) is 1. The van der Waals surface area contributed by atoms with Crippen LogP contribution in [0, 0.1) is 5.82 Å². The van der Waals surface area contributed by atoms with Crippen molar-refractivity contribution in [1.82, 2.24) is 10.2 Å². The average Bonchev–Trinajstić information content (AvgIpc) is 2.88. The molecule has 0 saturated heterocycles. The van der Waals surface area contributed by atoms with Gasteiger partial charge in [0, 0.05) is 12.6 Å². The Labute approximate surface area is 232 Å². The number of carbonyl (C=O) groups is 2. The summed E-state index contributed by atoms with van der Waals surface area (Å²) in [5.41, 5.74) is 0.688. The van der Waals surface area contributed by atoms with Crippen LogP contribution in [-0.2, 0) is 26.2 Å². The normalized spacial score (nSPS) is 12.2. The first-order valence-electron chi connectivity index (χ1n) is 11.8. The Balaban J connectivity index is 2.02. The molecule has 1 atom stereocenters. The maximum atomic E-state index is 13.8. The highest BCUT2D eigenvalue weighted by Crippen LogP contribution is 2.26. The number of benzene rings is 3. The second-order valence-electron chi connectivity index (χ2n) is 8.91. The van der Waals surface area contributed by atoms with Crippen molar-refractivity contribution in [3.05, 3.63) is 94.2 Å². The van der Waals surface area contributed by atoms with Gasteiger partial charge in [0.05, 0.1) is 20.6 Å². The summed E-state index contributed by atoms with van der Waals surface area (Å²) in [5.74, 6) is -1.61. The number of nitrogens with zero attached hydrogens (tertiary/aromatic N) is 2. The van der Waals surface area contributed by atoms with Crippen LogP contribution in [0.1, 0.15) is 26.3 Å². The molecule has 1 unspecified atom stereocenters. The lowest BCUT2D eigenvalue weighted by molar-refractivity contribution is -0.139. The van der Waals surface area contributed by atoms with Crippen LogP contribution in [0.5, 0.6) is 0 Å². The van der Waals surface area contributed by atoms with Gasteiger partial charge in [-0.1, -0.05) is 47.5 Å². The third-order valence-corrected chi connectivity index (χ3v) is 8.19. The predicted molar refractivity (Wildman–Crippen MR) is 147 cm³/mol. The van der Waals surface area contributed by atoms with Crippen LogP contribution in [0.4, 0.5) is 10.1 Å². The Morgan fingerprint density at radius 2 is 1.55 bits per heavy atom. The molecule has 11 heteroatoms. The fourth-order valence-corrected chi connectivity index (χ4v) is 5.43. The van der Waals surface area contributed by atoms with Gasteiger partial charge in [0.25, 0.3) is 10.0 Å². The van der Waals surface area contributed by atoms with E-state index in [0.29, 0.717) is 10.6 Å². The van der Waals surface area contributed by atoms with E-state index in [0.717, 1.165) is 16.4 Å². The second kappa shape index (κ2) is 12.6. The smallest absolute Gasteiger partial charge is 0.264 e. The minimum atomic E-state index is -4.22. The van der Waals surface area contributed by atoms with Crippen LogP contribution in [0.2, 0.25) is 10.0 Å². The molecule has 3 rings (SSSR count). The number of carbonyl (C=O) groups excluding carboxylic acids is 2. The van der Waals surface area contributed by atoms with Gasteiger partial charge in [-0.2, -0.15) is 0 Å². The first kappa shape index (κ1) is 29.4. The molecule has 202 valence electrons. The fourth-order valence-electron chi connectivity index (χ4n) is 3.68. The van der Waals surface area contributed by atoms with E-state index in [9.17, 15) is 22.4 Å². The molecule has 0 radical (unpaired) electrons. The van der Waals surface area contributed by atoms with E-state index in [-0.39, 0.29) is 28.2 Å². The van der Waals surface area contributed by atoms with Crippen LogP contribution in [0.15, 0.2) is 77.7 Å². The standard InChI is InChI=1S/C27H28Cl2FN3O4S/c1-18(2)31-27(35)19(3)32(16-20-9-14-24(28)25(29)15-20)26(34)17-33(22-12-10-21(30)11-13-22)38(36,37)23-7-5-4-6-8-23/h4-15,18-19H,16-17H2,1-3H3,(H,31,35). The Morgan fingerprint density at radius 3 is 2.13 bits per heavy atom. The van der Waals surface area contributed by atoms with Gasteiger partial charge in [0.2, 0.25) is 11.8 Å². The Kier molecular flexibility index (Phi) is 9.76. The quantitative estimate of drug-likeness (QED) is 0.354. The first-order chi connectivity index (χ1) is 17.9. The van der Waals surface area contributed by atoms with Crippen molar-refractivity contribution in [1.29, 1.82) is 0 Å². The third-order valence-electron chi connectivity index (χ3n) is 5.66. The SMILES string of the molecule is CC(C)NC(=O)C(C)N(Cc1ccc(Cl)c(Cl)c1)C(=O)CN(c1ccc(F)cc1)S(=O)(=O)c1ccccc1. The van der Waals surface area contributed by atoms with Crippen LogP contribution < -0.4 is 9.62 Å². The lowest BCUT2D eigenvalue weighted by atomic mass is 10.1. The maximum absolute atomic E-state index is 13.8. The largest absolute Gasteiger partial charge is 0.352 e. The van der Waals surface area contributed by atoms with E-state index in [1.54, 1.807) is 57.2 Å². The zero-order valence-corrected chi connectivity index (χ0v) is 23.4. The molecule has 0 bridgehead atoms.